The molecule has 0 heterocycles. The number of hydrogen-bond acceptors (Lipinski definition) is 0. The summed E-state index contributed by atoms with van der Waals surface area (Å²) in [6.45, 7) is 0. The van der Waals surface area contributed by atoms with Gasteiger partial charge in [-0.2, -0.15) is 0 Å². The lowest BCUT2D eigenvalue weighted by Crippen LogP contribution is -1.91. The first-order valence-corrected chi connectivity index (χ1v) is 5.46. The van der Waals surface area contributed by atoms with Gasteiger partial charge in [-0.1, -0.05) is 67.8 Å². The lowest BCUT2D eigenvalue weighted by molar-refractivity contribution is 1.35. The first-order valence-electron chi connectivity index (χ1n) is 1.45. The summed E-state index contributed by atoms with van der Waals surface area (Å²) < 4.78 is 4.15. The Morgan fingerprint density at radius 2 is 2.17 bits per heavy atom. The van der Waals surface area contributed by atoms with Crippen molar-refractivity contribution in [3.8, 4) is 0 Å². The maximum Gasteiger partial charge on any atom is 0.0363 e. The summed E-state index contributed by atoms with van der Waals surface area (Å²) in [7, 11) is 0. The van der Waals surface area contributed by atoms with Gasteiger partial charge < -0.3 is 0 Å². The van der Waals surface area contributed by atoms with Gasteiger partial charge in [0.25, 0.3) is 0 Å². The van der Waals surface area contributed by atoms with E-state index in [4.69, 9.17) is 0 Å². The van der Waals surface area contributed by atoms with Gasteiger partial charge in [-0.05, 0) is 0 Å². The summed E-state index contributed by atoms with van der Waals surface area (Å²) >= 11 is 7.04. The summed E-state index contributed by atoms with van der Waals surface area (Å²) in [6.07, 6.45) is 0. The van der Waals surface area contributed by atoms with E-state index < -0.39 is 0 Å². The van der Waals surface area contributed by atoms with E-state index in [0.717, 1.165) is 3.92 Å². The monoisotopic (exact) mass is 421 g/mol. The number of halogens is 3. The molecular formula is C3H4I3. The molecule has 0 aromatic rings. The highest BCUT2D eigenvalue weighted by Gasteiger charge is 1.94. The van der Waals surface area contributed by atoms with Crippen molar-refractivity contribution in [3.63, 3.8) is 0 Å². The Balaban J connectivity index is 2.75. The number of alkyl halides is 2. The van der Waals surface area contributed by atoms with Gasteiger partial charge in [0.1, 0.15) is 0 Å². The van der Waals surface area contributed by atoms with Crippen LogP contribution in [0.5, 0.6) is 0 Å². The zero-order valence-corrected chi connectivity index (χ0v) is 9.47. The van der Waals surface area contributed by atoms with Gasteiger partial charge in [0.05, 0.1) is 0 Å². The van der Waals surface area contributed by atoms with Crippen LogP contribution in [0.1, 0.15) is 0 Å². The summed E-state index contributed by atoms with van der Waals surface area (Å²) in [5.74, 6) is 0. The molecule has 0 spiro atoms. The van der Waals surface area contributed by atoms with Crippen LogP contribution in [0.15, 0.2) is 0 Å². The smallest absolute Gasteiger partial charge is 0.0363 e. The Bertz CT molecular complexity index is 25.2. The minimum Gasteiger partial charge on any atom is -0.0852 e. The molecule has 0 N–H and O–H groups in total. The van der Waals surface area contributed by atoms with Gasteiger partial charge in [0.15, 0.2) is 0 Å². The molecule has 3 heteroatoms. The van der Waals surface area contributed by atoms with Crippen LogP contribution in [0.4, 0.5) is 0 Å². The molecule has 1 atom stereocenters. The largest absolute Gasteiger partial charge is 0.0852 e. The van der Waals surface area contributed by atoms with E-state index in [1.807, 2.05) is 0 Å². The zero-order valence-electron chi connectivity index (χ0n) is 3.00. The Labute approximate surface area is 79.3 Å². The van der Waals surface area contributed by atoms with Crippen LogP contribution < -0.4 is 0 Å². The predicted octanol–water partition coefficient (Wildman–Crippen LogP) is 2.82. The Morgan fingerprint density at radius 1 is 1.67 bits per heavy atom. The molecule has 1 radical (unpaired) electrons. The van der Waals surface area contributed by atoms with Gasteiger partial charge in [-0.25, -0.2) is 0 Å². The summed E-state index contributed by atoms with van der Waals surface area (Å²) in [5, 5.41) is 0. The molecule has 0 nitrogen and oxygen atoms in total. The fourth-order valence-electron chi connectivity index (χ4n) is 0.0337. The number of rotatable bonds is 2. The second-order valence-corrected chi connectivity index (χ2v) is 4.00. The van der Waals surface area contributed by atoms with Crippen molar-refractivity contribution >= 4 is 67.8 Å². The van der Waals surface area contributed by atoms with Gasteiger partial charge in [-0.15, -0.1) is 0 Å². The van der Waals surface area contributed by atoms with Crippen molar-refractivity contribution in [2.24, 2.45) is 0 Å². The molecule has 0 aliphatic rings. The fourth-order valence-corrected chi connectivity index (χ4v) is 1.52. The molecule has 0 saturated carbocycles. The summed E-state index contributed by atoms with van der Waals surface area (Å²) in [6, 6.07) is 0. The van der Waals surface area contributed by atoms with Crippen molar-refractivity contribution in [2.45, 2.75) is 3.92 Å². The van der Waals surface area contributed by atoms with E-state index in [1.54, 1.807) is 0 Å². The zero-order chi connectivity index (χ0) is 4.99. The minimum absolute atomic E-state index is 0.754. The molecular weight excluding hydrogens is 417 g/mol. The molecule has 0 aliphatic heterocycles. The number of hydrogen-bond donors (Lipinski definition) is 0. The van der Waals surface area contributed by atoms with Gasteiger partial charge >= 0.3 is 0 Å². The van der Waals surface area contributed by atoms with Gasteiger partial charge in [0, 0.05) is 12.8 Å². The fraction of sp³-hybridized carbons (Fsp3) is 0.667. The molecule has 0 aromatic carbocycles. The van der Waals surface area contributed by atoms with E-state index >= 15 is 0 Å². The third-order valence-corrected chi connectivity index (χ3v) is 5.96. The Kier molecular flexibility index (Phi) is 7.27. The van der Waals surface area contributed by atoms with Crippen molar-refractivity contribution < 1.29 is 0 Å². The maximum absolute atomic E-state index is 2.40. The predicted molar refractivity (Wildman–Crippen MR) is 55.0 cm³/mol. The van der Waals surface area contributed by atoms with Crippen LogP contribution in [-0.4, -0.2) is 8.35 Å². The molecule has 0 aromatic heterocycles. The average Bonchev–Trinajstić information content (AvgIpc) is 1.65. The standard InChI is InChI=1S/C3H4I3/c4-1-3(6)2-5/h1,3H,2H2. The van der Waals surface area contributed by atoms with Gasteiger partial charge in [0.2, 0.25) is 0 Å². The van der Waals surface area contributed by atoms with Crippen LogP contribution in [0, 0.1) is 4.43 Å². The van der Waals surface area contributed by atoms with Crippen LogP contribution in [0.3, 0.4) is 0 Å². The SMILES string of the molecule is I[CH]C(I)CI. The minimum atomic E-state index is 0.754. The molecule has 0 aliphatic carbocycles. The van der Waals surface area contributed by atoms with Gasteiger partial charge in [-0.3, -0.25) is 0 Å². The molecule has 0 amide bonds. The second-order valence-electron chi connectivity index (χ2n) is 0.796. The lowest BCUT2D eigenvalue weighted by Gasteiger charge is -1.93. The van der Waals surface area contributed by atoms with Crippen LogP contribution in [0.25, 0.3) is 0 Å². The second kappa shape index (κ2) is 5.33. The molecule has 6 heavy (non-hydrogen) atoms. The van der Waals surface area contributed by atoms with Crippen molar-refractivity contribution in [3.05, 3.63) is 4.43 Å². The Morgan fingerprint density at radius 3 is 2.17 bits per heavy atom. The molecule has 0 fully saturated rings. The van der Waals surface area contributed by atoms with Crippen LogP contribution >= 0.6 is 67.8 Å². The quantitative estimate of drug-likeness (QED) is 0.476. The van der Waals surface area contributed by atoms with E-state index in [0.29, 0.717) is 0 Å². The topological polar surface area (TPSA) is 0 Å². The normalized spacial score (nSPS) is 10.0. The molecule has 1 unspecified atom stereocenters. The highest BCUT2D eigenvalue weighted by atomic mass is 127. The molecule has 0 bridgehead atoms. The lowest BCUT2D eigenvalue weighted by atomic mass is 10.6. The van der Waals surface area contributed by atoms with E-state index in [9.17, 15) is 0 Å². The highest BCUT2D eigenvalue weighted by Crippen LogP contribution is 2.11. The average molecular weight is 421 g/mol. The Hall–Kier alpha value is 2.19. The summed E-state index contributed by atoms with van der Waals surface area (Å²) in [4.78, 5) is 0. The molecule has 37 valence electrons. The third-order valence-electron chi connectivity index (χ3n) is 0.284. The molecule has 0 saturated heterocycles. The van der Waals surface area contributed by atoms with Crippen LogP contribution in [0.2, 0.25) is 0 Å². The van der Waals surface area contributed by atoms with Crippen molar-refractivity contribution in [1.82, 2.24) is 0 Å². The van der Waals surface area contributed by atoms with Crippen molar-refractivity contribution in [1.29, 1.82) is 0 Å². The van der Waals surface area contributed by atoms with E-state index in [-0.39, 0.29) is 0 Å². The first-order chi connectivity index (χ1) is 2.81. The van der Waals surface area contributed by atoms with Crippen LogP contribution in [-0.2, 0) is 0 Å². The third kappa shape index (κ3) is 4.35. The first kappa shape index (κ1) is 8.19. The molecule has 0 rings (SSSR count). The maximum atomic E-state index is 2.40. The van der Waals surface area contributed by atoms with Crippen molar-refractivity contribution in [2.75, 3.05) is 4.43 Å². The summed E-state index contributed by atoms with van der Waals surface area (Å²) in [5.41, 5.74) is 0. The highest BCUT2D eigenvalue weighted by molar-refractivity contribution is 14.1. The van der Waals surface area contributed by atoms with E-state index in [2.05, 4.69) is 72.2 Å². The van der Waals surface area contributed by atoms with E-state index in [1.165, 1.54) is 4.43 Å².